The summed E-state index contributed by atoms with van der Waals surface area (Å²) in [4.78, 5) is 20.3. The third-order valence-corrected chi connectivity index (χ3v) is 2.99. The van der Waals surface area contributed by atoms with Crippen molar-refractivity contribution in [1.29, 1.82) is 0 Å². The van der Waals surface area contributed by atoms with Gasteiger partial charge in [-0.3, -0.25) is 4.79 Å². The van der Waals surface area contributed by atoms with Crippen molar-refractivity contribution in [1.82, 2.24) is 14.9 Å². The number of hydrogen-bond acceptors (Lipinski definition) is 4. The summed E-state index contributed by atoms with van der Waals surface area (Å²) in [5.41, 5.74) is 1.54. The Morgan fingerprint density at radius 1 is 1.05 bits per heavy atom. The Hall–Kier alpha value is -1.11. The zero-order valence-electron chi connectivity index (χ0n) is 11.3. The predicted octanol–water partition coefficient (Wildman–Crippen LogP) is 3.56. The molecule has 2 rings (SSSR count). The van der Waals surface area contributed by atoms with Crippen LogP contribution in [-0.4, -0.2) is 35.2 Å². The van der Waals surface area contributed by atoms with Gasteiger partial charge in [0.1, 0.15) is 14.9 Å². The molecular weight excluding hydrogens is 386 g/mol. The highest BCUT2D eigenvalue weighted by atomic mass is 79.9. The Morgan fingerprint density at radius 3 is 2.10 bits per heavy atom. The van der Waals surface area contributed by atoms with Gasteiger partial charge in [0.15, 0.2) is 6.29 Å². The average Bonchev–Trinajstić information content (AvgIpc) is 2.38. The van der Waals surface area contributed by atoms with Gasteiger partial charge in [0.05, 0.1) is 5.69 Å². The minimum Gasteiger partial charge on any atom is -0.304 e. The molecule has 0 aliphatic rings. The summed E-state index contributed by atoms with van der Waals surface area (Å²) in [6.45, 7) is 0.888. The van der Waals surface area contributed by atoms with Crippen molar-refractivity contribution in [3.63, 3.8) is 0 Å². The van der Waals surface area contributed by atoms with Crippen molar-refractivity contribution in [2.75, 3.05) is 14.1 Å². The van der Waals surface area contributed by atoms with E-state index in [0.717, 1.165) is 16.8 Å². The standard InChI is InChI=1S/C8H11BrN2.C6H4BrNO/c1-11(2)6-7-4-3-5-8(9)10-7;7-6-3-1-2-5(4-9)8-6/h3-5H,6H2,1-2H3;1-4H. The minimum absolute atomic E-state index is 0.448. The van der Waals surface area contributed by atoms with Crippen LogP contribution in [0.4, 0.5) is 0 Å². The first-order chi connectivity index (χ1) is 9.51. The Kier molecular flexibility index (Phi) is 7.58. The molecule has 0 atom stereocenters. The quantitative estimate of drug-likeness (QED) is 0.583. The lowest BCUT2D eigenvalue weighted by Crippen LogP contribution is -2.11. The Labute approximate surface area is 135 Å². The molecule has 4 nitrogen and oxygen atoms in total. The third kappa shape index (κ3) is 6.88. The van der Waals surface area contributed by atoms with E-state index in [1.54, 1.807) is 18.2 Å². The smallest absolute Gasteiger partial charge is 0.168 e. The van der Waals surface area contributed by atoms with Crippen LogP contribution in [0.3, 0.4) is 0 Å². The van der Waals surface area contributed by atoms with Crippen LogP contribution >= 0.6 is 31.9 Å². The molecule has 0 fully saturated rings. The van der Waals surface area contributed by atoms with Gasteiger partial charge in [0.2, 0.25) is 0 Å². The summed E-state index contributed by atoms with van der Waals surface area (Å²) in [7, 11) is 4.06. The third-order valence-electron chi connectivity index (χ3n) is 2.11. The van der Waals surface area contributed by atoms with Gasteiger partial charge >= 0.3 is 0 Å². The second kappa shape index (κ2) is 8.94. The Morgan fingerprint density at radius 2 is 1.65 bits per heavy atom. The first-order valence-corrected chi connectivity index (χ1v) is 7.44. The number of aldehydes is 1. The van der Waals surface area contributed by atoms with Gasteiger partial charge in [-0.2, -0.15) is 0 Å². The molecule has 0 bridgehead atoms. The van der Waals surface area contributed by atoms with Crippen LogP contribution in [-0.2, 0) is 6.54 Å². The fourth-order valence-corrected chi connectivity index (χ4v) is 2.09. The molecule has 0 aliphatic heterocycles. The zero-order chi connectivity index (χ0) is 15.0. The maximum absolute atomic E-state index is 10.1. The van der Waals surface area contributed by atoms with Crippen molar-refractivity contribution in [2.24, 2.45) is 0 Å². The number of pyridine rings is 2. The molecule has 0 amide bonds. The van der Waals surface area contributed by atoms with Crippen molar-refractivity contribution >= 4 is 38.1 Å². The lowest BCUT2D eigenvalue weighted by Gasteiger charge is -2.07. The molecule has 106 valence electrons. The highest BCUT2D eigenvalue weighted by Gasteiger charge is 1.95. The second-order valence-electron chi connectivity index (χ2n) is 4.19. The van der Waals surface area contributed by atoms with Crippen LogP contribution in [0.1, 0.15) is 16.2 Å². The molecule has 2 aromatic rings. The van der Waals surface area contributed by atoms with Crippen LogP contribution in [0.2, 0.25) is 0 Å². The van der Waals surface area contributed by atoms with Gasteiger partial charge in [0.25, 0.3) is 0 Å². The SMILES string of the molecule is CN(C)Cc1cccc(Br)n1.O=Cc1cccc(Br)n1. The largest absolute Gasteiger partial charge is 0.304 e. The summed E-state index contributed by atoms with van der Waals surface area (Å²) in [6, 6.07) is 11.1. The molecule has 0 aliphatic carbocycles. The first-order valence-electron chi connectivity index (χ1n) is 5.85. The van der Waals surface area contributed by atoms with Crippen molar-refractivity contribution in [3.8, 4) is 0 Å². The van der Waals surface area contributed by atoms with E-state index in [4.69, 9.17) is 0 Å². The van der Waals surface area contributed by atoms with Crippen LogP contribution < -0.4 is 0 Å². The van der Waals surface area contributed by atoms with Crippen LogP contribution in [0.5, 0.6) is 0 Å². The van der Waals surface area contributed by atoms with Crippen molar-refractivity contribution in [3.05, 3.63) is 57.0 Å². The molecule has 2 aromatic heterocycles. The highest BCUT2D eigenvalue weighted by molar-refractivity contribution is 9.10. The van der Waals surface area contributed by atoms with E-state index in [-0.39, 0.29) is 0 Å². The van der Waals surface area contributed by atoms with Gasteiger partial charge in [-0.25, -0.2) is 9.97 Å². The normalized spacial score (nSPS) is 9.85. The molecule has 20 heavy (non-hydrogen) atoms. The van der Waals surface area contributed by atoms with E-state index in [1.807, 2.05) is 32.3 Å². The molecule has 0 radical (unpaired) electrons. The minimum atomic E-state index is 0.448. The number of aromatic nitrogens is 2. The molecule has 0 saturated heterocycles. The predicted molar refractivity (Wildman–Crippen MR) is 86.7 cm³/mol. The maximum Gasteiger partial charge on any atom is 0.168 e. The van der Waals surface area contributed by atoms with Gasteiger partial charge in [-0.1, -0.05) is 12.1 Å². The molecule has 6 heteroatoms. The average molecular weight is 401 g/mol. The Bertz CT molecular complexity index is 562. The molecule has 0 N–H and O–H groups in total. The Balaban J connectivity index is 0.000000204. The fraction of sp³-hybridized carbons (Fsp3) is 0.214. The number of nitrogens with zero attached hydrogens (tertiary/aromatic N) is 3. The number of hydrogen-bond donors (Lipinski definition) is 0. The topological polar surface area (TPSA) is 46.1 Å². The van der Waals surface area contributed by atoms with Crippen molar-refractivity contribution < 1.29 is 4.79 Å². The van der Waals surface area contributed by atoms with Gasteiger partial charge in [-0.05, 0) is 70.2 Å². The molecular formula is C14H15Br2N3O. The number of halogens is 2. The van der Waals surface area contributed by atoms with E-state index in [2.05, 4.69) is 46.7 Å². The molecule has 0 aromatic carbocycles. The van der Waals surface area contributed by atoms with E-state index >= 15 is 0 Å². The summed E-state index contributed by atoms with van der Waals surface area (Å²) >= 11 is 6.46. The fourth-order valence-electron chi connectivity index (χ4n) is 1.35. The second-order valence-corrected chi connectivity index (χ2v) is 5.82. The molecule has 0 spiro atoms. The molecule has 0 saturated carbocycles. The number of carbonyl (C=O) groups is 1. The summed E-state index contributed by atoms with van der Waals surface area (Å²) < 4.78 is 1.59. The maximum atomic E-state index is 10.1. The van der Waals surface area contributed by atoms with E-state index < -0.39 is 0 Å². The van der Waals surface area contributed by atoms with Crippen molar-refractivity contribution in [2.45, 2.75) is 6.54 Å². The van der Waals surface area contributed by atoms with Gasteiger partial charge in [-0.15, -0.1) is 0 Å². The van der Waals surface area contributed by atoms with E-state index in [1.165, 1.54) is 0 Å². The lowest BCUT2D eigenvalue weighted by molar-refractivity contribution is 0.111. The van der Waals surface area contributed by atoms with Gasteiger partial charge < -0.3 is 4.90 Å². The molecule has 0 unspecified atom stereocenters. The van der Waals surface area contributed by atoms with E-state index in [0.29, 0.717) is 16.6 Å². The van der Waals surface area contributed by atoms with Crippen LogP contribution in [0.15, 0.2) is 45.6 Å². The summed E-state index contributed by atoms with van der Waals surface area (Å²) in [5.74, 6) is 0. The summed E-state index contributed by atoms with van der Waals surface area (Å²) in [6.07, 6.45) is 0.713. The number of carbonyl (C=O) groups excluding carboxylic acids is 1. The first kappa shape index (κ1) is 16.9. The van der Waals surface area contributed by atoms with Crippen LogP contribution in [0, 0.1) is 0 Å². The zero-order valence-corrected chi connectivity index (χ0v) is 14.4. The van der Waals surface area contributed by atoms with Crippen LogP contribution in [0.25, 0.3) is 0 Å². The number of rotatable bonds is 3. The molecule has 2 heterocycles. The van der Waals surface area contributed by atoms with E-state index in [9.17, 15) is 4.79 Å². The highest BCUT2D eigenvalue weighted by Crippen LogP contribution is 2.07. The summed E-state index contributed by atoms with van der Waals surface area (Å²) in [5, 5.41) is 0. The monoisotopic (exact) mass is 399 g/mol. The van der Waals surface area contributed by atoms with Gasteiger partial charge in [0, 0.05) is 6.54 Å². The lowest BCUT2D eigenvalue weighted by atomic mass is 10.3.